The van der Waals surface area contributed by atoms with Crippen LogP contribution in [0.3, 0.4) is 0 Å². The minimum absolute atomic E-state index is 0.245. The van der Waals surface area contributed by atoms with Gasteiger partial charge in [-0.3, -0.25) is 4.79 Å². The van der Waals surface area contributed by atoms with Crippen molar-refractivity contribution in [2.75, 3.05) is 20.2 Å². The number of carbonyl (C=O) groups excluding carboxylic acids is 1. The topological polar surface area (TPSA) is 38.3 Å². The molecule has 0 aliphatic heterocycles. The molecule has 0 atom stereocenters. The van der Waals surface area contributed by atoms with Crippen LogP contribution in [0, 0.1) is 0 Å². The second-order valence-electron chi connectivity index (χ2n) is 2.97. The Labute approximate surface area is 112 Å². The molecule has 0 spiro atoms. The van der Waals surface area contributed by atoms with Crippen molar-refractivity contribution in [3.05, 3.63) is 26.1 Å². The second kappa shape index (κ2) is 6.45. The van der Waals surface area contributed by atoms with E-state index in [9.17, 15) is 4.79 Å². The normalized spacial score (nSPS) is 10.2. The molecule has 6 heteroatoms. The lowest BCUT2D eigenvalue weighted by molar-refractivity contribution is 0.111. The second-order valence-corrected chi connectivity index (χ2v) is 4.58. The van der Waals surface area contributed by atoms with Crippen LogP contribution in [0.4, 0.5) is 0 Å². The van der Waals surface area contributed by atoms with E-state index >= 15 is 0 Å². The van der Waals surface area contributed by atoms with Crippen molar-refractivity contribution in [3.63, 3.8) is 0 Å². The maximum atomic E-state index is 10.9. The van der Waals surface area contributed by atoms with Gasteiger partial charge in [0.05, 0.1) is 10.6 Å². The molecule has 1 N–H and O–H groups in total. The number of nitrogens with one attached hydrogen (secondary N) is 1. The molecule has 88 valence electrons. The monoisotopic (exact) mass is 325 g/mol. The molecule has 1 rings (SSSR count). The van der Waals surface area contributed by atoms with E-state index in [1.54, 1.807) is 13.1 Å². The standard InChI is InChI=1S/C10H10BrCl2NO2/c1-14-2-3-16-10-6(5-15)4-7(11)8(12)9(10)13/h4-5,14H,2-3H2,1H3. The summed E-state index contributed by atoms with van der Waals surface area (Å²) in [5, 5.41) is 3.51. The van der Waals surface area contributed by atoms with E-state index in [2.05, 4.69) is 21.2 Å². The molecular weight excluding hydrogens is 317 g/mol. The van der Waals surface area contributed by atoms with E-state index in [0.29, 0.717) is 40.2 Å². The van der Waals surface area contributed by atoms with Crippen LogP contribution < -0.4 is 10.1 Å². The predicted octanol–water partition coefficient (Wildman–Crippen LogP) is 3.17. The van der Waals surface area contributed by atoms with Crippen molar-refractivity contribution in [2.45, 2.75) is 0 Å². The first-order valence-corrected chi connectivity index (χ1v) is 6.06. The fraction of sp³-hybridized carbons (Fsp3) is 0.300. The molecule has 0 aromatic heterocycles. The van der Waals surface area contributed by atoms with Crippen molar-refractivity contribution in [2.24, 2.45) is 0 Å². The highest BCUT2D eigenvalue weighted by Crippen LogP contribution is 2.39. The number of rotatable bonds is 5. The van der Waals surface area contributed by atoms with E-state index in [0.717, 1.165) is 0 Å². The molecule has 0 saturated heterocycles. The Bertz CT molecular complexity index is 399. The maximum Gasteiger partial charge on any atom is 0.153 e. The summed E-state index contributed by atoms with van der Waals surface area (Å²) in [5.41, 5.74) is 0.373. The molecule has 0 aliphatic rings. The number of aldehydes is 1. The van der Waals surface area contributed by atoms with Gasteiger partial charge < -0.3 is 10.1 Å². The number of carbonyl (C=O) groups is 1. The zero-order valence-electron chi connectivity index (χ0n) is 8.52. The number of ether oxygens (including phenoxy) is 1. The molecule has 1 aromatic carbocycles. The van der Waals surface area contributed by atoms with E-state index in [4.69, 9.17) is 27.9 Å². The molecule has 1 aromatic rings. The summed E-state index contributed by atoms with van der Waals surface area (Å²) in [5.74, 6) is 0.320. The largest absolute Gasteiger partial charge is 0.490 e. The first-order chi connectivity index (χ1) is 7.61. The van der Waals surface area contributed by atoms with Crippen LogP contribution in [0.25, 0.3) is 0 Å². The van der Waals surface area contributed by atoms with Crippen LogP contribution in [0.2, 0.25) is 10.0 Å². The van der Waals surface area contributed by atoms with Gasteiger partial charge in [0.2, 0.25) is 0 Å². The highest BCUT2D eigenvalue weighted by Gasteiger charge is 2.15. The lowest BCUT2D eigenvalue weighted by Crippen LogP contribution is -2.16. The maximum absolute atomic E-state index is 10.9. The van der Waals surface area contributed by atoms with E-state index in [1.807, 2.05) is 0 Å². The van der Waals surface area contributed by atoms with Crippen molar-refractivity contribution < 1.29 is 9.53 Å². The van der Waals surface area contributed by atoms with Crippen LogP contribution in [0.15, 0.2) is 10.5 Å². The Morgan fingerprint density at radius 2 is 2.19 bits per heavy atom. The van der Waals surface area contributed by atoms with Gasteiger partial charge in [-0.15, -0.1) is 0 Å². The van der Waals surface area contributed by atoms with Gasteiger partial charge in [-0.2, -0.15) is 0 Å². The van der Waals surface area contributed by atoms with E-state index in [1.165, 1.54) is 0 Å². The van der Waals surface area contributed by atoms with Gasteiger partial charge in [0.1, 0.15) is 17.4 Å². The Hall–Kier alpha value is -0.290. The first-order valence-electron chi connectivity index (χ1n) is 4.52. The predicted molar refractivity (Wildman–Crippen MR) is 69.0 cm³/mol. The SMILES string of the molecule is CNCCOc1c(C=O)cc(Br)c(Cl)c1Cl. The molecular formula is C10H10BrCl2NO2. The summed E-state index contributed by atoms with van der Waals surface area (Å²) in [6, 6.07) is 1.58. The summed E-state index contributed by atoms with van der Waals surface area (Å²) < 4.78 is 5.98. The third-order valence-corrected chi connectivity index (χ3v) is 3.58. The zero-order chi connectivity index (χ0) is 12.1. The fourth-order valence-electron chi connectivity index (χ4n) is 1.09. The van der Waals surface area contributed by atoms with Gasteiger partial charge in [-0.1, -0.05) is 23.2 Å². The van der Waals surface area contributed by atoms with Gasteiger partial charge in [-0.05, 0) is 29.0 Å². The molecule has 0 aliphatic carbocycles. The van der Waals surface area contributed by atoms with Crippen molar-refractivity contribution in [1.29, 1.82) is 0 Å². The van der Waals surface area contributed by atoms with Crippen molar-refractivity contribution >= 4 is 45.4 Å². The summed E-state index contributed by atoms with van der Waals surface area (Å²) >= 11 is 15.1. The van der Waals surface area contributed by atoms with Crippen LogP contribution in [-0.2, 0) is 0 Å². The van der Waals surface area contributed by atoms with Gasteiger partial charge in [0.15, 0.2) is 6.29 Å². The highest BCUT2D eigenvalue weighted by atomic mass is 79.9. The van der Waals surface area contributed by atoms with Crippen LogP contribution >= 0.6 is 39.1 Å². The number of likely N-dealkylation sites (N-methyl/N-ethyl adjacent to an activating group) is 1. The van der Waals surface area contributed by atoms with Gasteiger partial charge >= 0.3 is 0 Å². The van der Waals surface area contributed by atoms with Crippen LogP contribution in [0.5, 0.6) is 5.75 Å². The minimum Gasteiger partial charge on any atom is -0.490 e. The third kappa shape index (κ3) is 3.10. The Balaban J connectivity index is 3.04. The number of halogens is 3. The van der Waals surface area contributed by atoms with E-state index in [-0.39, 0.29) is 5.02 Å². The van der Waals surface area contributed by atoms with Crippen molar-refractivity contribution in [3.8, 4) is 5.75 Å². The van der Waals surface area contributed by atoms with Gasteiger partial charge in [-0.25, -0.2) is 0 Å². The number of hydrogen-bond donors (Lipinski definition) is 1. The average Bonchev–Trinajstić information content (AvgIpc) is 2.29. The molecule has 0 bridgehead atoms. The number of hydrogen-bond acceptors (Lipinski definition) is 3. The average molecular weight is 327 g/mol. The van der Waals surface area contributed by atoms with Crippen LogP contribution in [0.1, 0.15) is 10.4 Å². The highest BCUT2D eigenvalue weighted by molar-refractivity contribution is 9.10. The first kappa shape index (κ1) is 13.8. The zero-order valence-corrected chi connectivity index (χ0v) is 11.6. The molecule has 0 amide bonds. The van der Waals surface area contributed by atoms with E-state index < -0.39 is 0 Å². The molecule has 0 radical (unpaired) electrons. The summed E-state index contributed by atoms with van der Waals surface area (Å²) in [6.45, 7) is 1.07. The fourth-order valence-corrected chi connectivity index (χ4v) is 2.05. The summed E-state index contributed by atoms with van der Waals surface area (Å²) in [7, 11) is 1.81. The smallest absolute Gasteiger partial charge is 0.153 e. The van der Waals surface area contributed by atoms with Crippen LogP contribution in [-0.4, -0.2) is 26.5 Å². The minimum atomic E-state index is 0.245. The Morgan fingerprint density at radius 3 is 2.75 bits per heavy atom. The number of benzene rings is 1. The summed E-state index contributed by atoms with van der Waals surface area (Å²) in [6.07, 6.45) is 0.682. The van der Waals surface area contributed by atoms with Gasteiger partial charge in [0.25, 0.3) is 0 Å². The quantitative estimate of drug-likeness (QED) is 0.513. The molecule has 0 fully saturated rings. The molecule has 0 saturated carbocycles. The lowest BCUT2D eigenvalue weighted by atomic mass is 10.2. The third-order valence-electron chi connectivity index (χ3n) is 1.87. The molecule has 0 unspecified atom stereocenters. The lowest BCUT2D eigenvalue weighted by Gasteiger charge is -2.12. The summed E-state index contributed by atoms with van der Waals surface area (Å²) in [4.78, 5) is 10.9. The Morgan fingerprint density at radius 1 is 1.50 bits per heavy atom. The van der Waals surface area contributed by atoms with Crippen molar-refractivity contribution in [1.82, 2.24) is 5.32 Å². The molecule has 3 nitrogen and oxygen atoms in total. The molecule has 0 heterocycles. The van der Waals surface area contributed by atoms with Gasteiger partial charge in [0, 0.05) is 11.0 Å². The molecule has 16 heavy (non-hydrogen) atoms. The Kier molecular flexibility index (Phi) is 5.55.